The Kier molecular flexibility index (Phi) is 3.99. The molecular formula is C13H19NO3. The molecule has 94 valence electrons. The van der Waals surface area contributed by atoms with Gasteiger partial charge in [0.1, 0.15) is 5.75 Å². The van der Waals surface area contributed by atoms with Crippen LogP contribution in [0.3, 0.4) is 0 Å². The number of nitrogens with one attached hydrogen (secondary N) is 1. The first-order valence-electron chi connectivity index (χ1n) is 5.86. The molecule has 1 aliphatic heterocycles. The van der Waals surface area contributed by atoms with E-state index in [9.17, 15) is 5.11 Å². The van der Waals surface area contributed by atoms with Crippen molar-refractivity contribution in [2.24, 2.45) is 0 Å². The molecule has 0 radical (unpaired) electrons. The van der Waals surface area contributed by atoms with Gasteiger partial charge in [0, 0.05) is 6.04 Å². The number of hydrogen-bond acceptors (Lipinski definition) is 4. The summed E-state index contributed by atoms with van der Waals surface area (Å²) < 4.78 is 10.3. The molecule has 1 saturated heterocycles. The smallest absolute Gasteiger partial charge is 0.118 e. The topological polar surface area (TPSA) is 50.7 Å². The van der Waals surface area contributed by atoms with Gasteiger partial charge in [-0.05, 0) is 24.6 Å². The fourth-order valence-electron chi connectivity index (χ4n) is 2.01. The summed E-state index contributed by atoms with van der Waals surface area (Å²) in [6, 6.07) is 8.14. The molecule has 3 atom stereocenters. The van der Waals surface area contributed by atoms with Gasteiger partial charge in [-0.3, -0.25) is 0 Å². The van der Waals surface area contributed by atoms with Crippen molar-refractivity contribution in [1.29, 1.82) is 0 Å². The van der Waals surface area contributed by atoms with Crippen molar-refractivity contribution in [1.82, 2.24) is 5.32 Å². The average Bonchev–Trinajstić information content (AvgIpc) is 2.75. The normalized spacial score (nSPS) is 25.8. The van der Waals surface area contributed by atoms with Gasteiger partial charge in [0.2, 0.25) is 0 Å². The Labute approximate surface area is 102 Å². The standard InChI is InChI=1S/C13H19NO3/c1-9(14-12-7-17-8-13(12)15)10-3-5-11(16-2)6-4-10/h3-6,9,12-15H,7-8H2,1-2H3. The van der Waals surface area contributed by atoms with Gasteiger partial charge in [-0.2, -0.15) is 0 Å². The van der Waals surface area contributed by atoms with Crippen LogP contribution in [-0.2, 0) is 4.74 Å². The molecule has 0 aromatic heterocycles. The molecule has 1 heterocycles. The Morgan fingerprint density at radius 3 is 2.59 bits per heavy atom. The van der Waals surface area contributed by atoms with Crippen molar-refractivity contribution in [3.8, 4) is 5.75 Å². The minimum Gasteiger partial charge on any atom is -0.497 e. The van der Waals surface area contributed by atoms with Gasteiger partial charge in [0.05, 0.1) is 32.5 Å². The molecule has 0 bridgehead atoms. The molecule has 1 aromatic carbocycles. The van der Waals surface area contributed by atoms with Crippen molar-refractivity contribution in [3.63, 3.8) is 0 Å². The van der Waals surface area contributed by atoms with Crippen LogP contribution < -0.4 is 10.1 Å². The largest absolute Gasteiger partial charge is 0.497 e. The Balaban J connectivity index is 1.96. The van der Waals surface area contributed by atoms with Crippen LogP contribution in [0.2, 0.25) is 0 Å². The molecule has 2 rings (SSSR count). The van der Waals surface area contributed by atoms with Gasteiger partial charge >= 0.3 is 0 Å². The number of rotatable bonds is 4. The lowest BCUT2D eigenvalue weighted by Crippen LogP contribution is -2.40. The van der Waals surface area contributed by atoms with E-state index in [-0.39, 0.29) is 12.1 Å². The van der Waals surface area contributed by atoms with E-state index in [1.807, 2.05) is 24.3 Å². The highest BCUT2D eigenvalue weighted by Crippen LogP contribution is 2.19. The maximum atomic E-state index is 9.66. The fraction of sp³-hybridized carbons (Fsp3) is 0.538. The predicted octanol–water partition coefficient (Wildman–Crippen LogP) is 1.11. The van der Waals surface area contributed by atoms with Gasteiger partial charge in [-0.25, -0.2) is 0 Å². The summed E-state index contributed by atoms with van der Waals surface area (Å²) in [5, 5.41) is 13.0. The zero-order valence-corrected chi connectivity index (χ0v) is 10.2. The first kappa shape index (κ1) is 12.4. The highest BCUT2D eigenvalue weighted by atomic mass is 16.5. The summed E-state index contributed by atoms with van der Waals surface area (Å²) in [5.41, 5.74) is 1.17. The number of ether oxygens (including phenoxy) is 2. The molecular weight excluding hydrogens is 218 g/mol. The Hall–Kier alpha value is -1.10. The molecule has 0 spiro atoms. The van der Waals surface area contributed by atoms with Crippen LogP contribution in [0.25, 0.3) is 0 Å². The number of aliphatic hydroxyl groups excluding tert-OH is 1. The average molecular weight is 237 g/mol. The van der Waals surface area contributed by atoms with Crippen molar-refractivity contribution >= 4 is 0 Å². The van der Waals surface area contributed by atoms with Gasteiger partial charge in [-0.15, -0.1) is 0 Å². The van der Waals surface area contributed by atoms with E-state index >= 15 is 0 Å². The first-order chi connectivity index (χ1) is 8.20. The number of benzene rings is 1. The molecule has 2 N–H and O–H groups in total. The van der Waals surface area contributed by atoms with Crippen LogP contribution in [0.4, 0.5) is 0 Å². The predicted molar refractivity (Wildman–Crippen MR) is 65.2 cm³/mol. The van der Waals surface area contributed by atoms with Crippen molar-refractivity contribution in [3.05, 3.63) is 29.8 Å². The molecule has 4 nitrogen and oxygen atoms in total. The fourth-order valence-corrected chi connectivity index (χ4v) is 2.01. The molecule has 1 fully saturated rings. The number of aliphatic hydroxyl groups is 1. The van der Waals surface area contributed by atoms with Crippen LogP contribution in [0, 0.1) is 0 Å². The van der Waals surface area contributed by atoms with Crippen LogP contribution in [0.5, 0.6) is 5.75 Å². The maximum Gasteiger partial charge on any atom is 0.118 e. The van der Waals surface area contributed by atoms with E-state index in [0.717, 1.165) is 5.75 Å². The summed E-state index contributed by atoms with van der Waals surface area (Å²) in [6.45, 7) is 3.07. The zero-order valence-electron chi connectivity index (χ0n) is 10.2. The Bertz CT molecular complexity index is 352. The van der Waals surface area contributed by atoms with E-state index < -0.39 is 6.10 Å². The quantitative estimate of drug-likeness (QED) is 0.823. The zero-order chi connectivity index (χ0) is 12.3. The lowest BCUT2D eigenvalue weighted by molar-refractivity contribution is 0.121. The van der Waals surface area contributed by atoms with Crippen LogP contribution >= 0.6 is 0 Å². The molecule has 0 saturated carbocycles. The third kappa shape index (κ3) is 2.97. The summed E-state index contributed by atoms with van der Waals surface area (Å²) in [4.78, 5) is 0. The van der Waals surface area contributed by atoms with Crippen molar-refractivity contribution in [2.75, 3.05) is 20.3 Å². The second-order valence-electron chi connectivity index (χ2n) is 4.37. The monoisotopic (exact) mass is 237 g/mol. The van der Waals surface area contributed by atoms with E-state index in [4.69, 9.17) is 9.47 Å². The van der Waals surface area contributed by atoms with Crippen LogP contribution in [0.15, 0.2) is 24.3 Å². The molecule has 1 aromatic rings. The minimum atomic E-state index is -0.407. The van der Waals surface area contributed by atoms with Gasteiger partial charge in [0.25, 0.3) is 0 Å². The number of hydrogen-bond donors (Lipinski definition) is 2. The lowest BCUT2D eigenvalue weighted by Gasteiger charge is -2.21. The summed E-state index contributed by atoms with van der Waals surface area (Å²) in [5.74, 6) is 0.852. The van der Waals surface area contributed by atoms with E-state index in [1.54, 1.807) is 7.11 Å². The summed E-state index contributed by atoms with van der Waals surface area (Å²) in [6.07, 6.45) is -0.407. The van der Waals surface area contributed by atoms with E-state index in [0.29, 0.717) is 13.2 Å². The Morgan fingerprint density at radius 2 is 2.06 bits per heavy atom. The van der Waals surface area contributed by atoms with E-state index in [2.05, 4.69) is 12.2 Å². The van der Waals surface area contributed by atoms with Crippen LogP contribution in [0.1, 0.15) is 18.5 Å². The molecule has 17 heavy (non-hydrogen) atoms. The Morgan fingerprint density at radius 1 is 1.35 bits per heavy atom. The molecule has 0 aliphatic carbocycles. The van der Waals surface area contributed by atoms with Gasteiger partial charge in [-0.1, -0.05) is 12.1 Å². The minimum absolute atomic E-state index is 0.0205. The second kappa shape index (κ2) is 5.49. The molecule has 4 heteroatoms. The van der Waals surface area contributed by atoms with Gasteiger partial charge in [0.15, 0.2) is 0 Å². The lowest BCUT2D eigenvalue weighted by atomic mass is 10.1. The summed E-state index contributed by atoms with van der Waals surface area (Å²) in [7, 11) is 1.66. The first-order valence-corrected chi connectivity index (χ1v) is 5.86. The maximum absolute atomic E-state index is 9.66. The third-order valence-electron chi connectivity index (χ3n) is 3.13. The molecule has 3 unspecified atom stereocenters. The number of methoxy groups -OCH3 is 1. The summed E-state index contributed by atoms with van der Waals surface area (Å²) >= 11 is 0. The highest BCUT2D eigenvalue weighted by Gasteiger charge is 2.27. The second-order valence-corrected chi connectivity index (χ2v) is 4.37. The van der Waals surface area contributed by atoms with E-state index in [1.165, 1.54) is 5.56 Å². The molecule has 0 amide bonds. The van der Waals surface area contributed by atoms with Gasteiger partial charge < -0.3 is 19.9 Å². The SMILES string of the molecule is COc1ccc(C(C)NC2COCC2O)cc1. The highest BCUT2D eigenvalue weighted by molar-refractivity contribution is 5.28. The van der Waals surface area contributed by atoms with Crippen LogP contribution in [-0.4, -0.2) is 37.6 Å². The van der Waals surface area contributed by atoms with Crippen molar-refractivity contribution < 1.29 is 14.6 Å². The van der Waals surface area contributed by atoms with Crippen molar-refractivity contribution in [2.45, 2.75) is 25.1 Å². The molecule has 1 aliphatic rings. The third-order valence-corrected chi connectivity index (χ3v) is 3.13.